The SMILES string of the molecule is C=CCOc1c(Cl)cc(Cl)cc1C1C2=C(CCCC2=O)OC2=C1C(=O)CCC2. The smallest absolute Gasteiger partial charge is 0.163 e. The molecular formula is C22H20Cl2O4. The van der Waals surface area contributed by atoms with Crippen LogP contribution in [0.5, 0.6) is 5.75 Å². The highest BCUT2D eigenvalue weighted by molar-refractivity contribution is 6.35. The minimum Gasteiger partial charge on any atom is -0.488 e. The molecule has 1 aromatic carbocycles. The zero-order valence-electron chi connectivity index (χ0n) is 15.4. The van der Waals surface area contributed by atoms with Crippen LogP contribution >= 0.6 is 23.2 Å². The number of Topliss-reactive ketones (excluding diaryl/α,β-unsaturated/α-hetero) is 2. The highest BCUT2D eigenvalue weighted by Gasteiger charge is 2.43. The van der Waals surface area contributed by atoms with Gasteiger partial charge in [-0.05, 0) is 25.0 Å². The van der Waals surface area contributed by atoms with Gasteiger partial charge in [-0.1, -0.05) is 35.9 Å². The normalized spacial score (nSPS) is 19.9. The number of ether oxygens (including phenoxy) is 2. The van der Waals surface area contributed by atoms with Crippen molar-refractivity contribution in [2.24, 2.45) is 0 Å². The topological polar surface area (TPSA) is 52.6 Å². The fourth-order valence-corrected chi connectivity index (χ4v) is 4.78. The fourth-order valence-electron chi connectivity index (χ4n) is 4.22. The Morgan fingerprint density at radius 2 is 1.64 bits per heavy atom. The van der Waals surface area contributed by atoms with Crippen LogP contribution in [0.15, 0.2) is 47.5 Å². The number of halogens is 2. The van der Waals surface area contributed by atoms with Crippen molar-refractivity contribution in [2.75, 3.05) is 6.61 Å². The van der Waals surface area contributed by atoms with Crippen molar-refractivity contribution in [3.05, 3.63) is 63.1 Å². The number of ketones is 2. The molecule has 1 aromatic rings. The predicted molar refractivity (Wildman–Crippen MR) is 108 cm³/mol. The Balaban J connectivity index is 1.96. The van der Waals surface area contributed by atoms with Crippen LogP contribution in [0.3, 0.4) is 0 Å². The predicted octanol–water partition coefficient (Wildman–Crippen LogP) is 5.69. The van der Waals surface area contributed by atoms with Gasteiger partial charge in [0.1, 0.15) is 23.9 Å². The third-order valence-corrected chi connectivity index (χ3v) is 5.83. The maximum atomic E-state index is 12.9. The highest BCUT2D eigenvalue weighted by atomic mass is 35.5. The van der Waals surface area contributed by atoms with Crippen LogP contribution in [0.25, 0.3) is 0 Å². The molecule has 4 rings (SSSR count). The summed E-state index contributed by atoms with van der Waals surface area (Å²) in [5.74, 6) is 1.20. The summed E-state index contributed by atoms with van der Waals surface area (Å²) in [7, 11) is 0. The molecule has 0 saturated heterocycles. The van der Waals surface area contributed by atoms with Crippen LogP contribution in [0.2, 0.25) is 10.0 Å². The van der Waals surface area contributed by atoms with Crippen molar-refractivity contribution in [1.82, 2.24) is 0 Å². The number of hydrogen-bond donors (Lipinski definition) is 0. The van der Waals surface area contributed by atoms with Crippen molar-refractivity contribution >= 4 is 34.8 Å². The van der Waals surface area contributed by atoms with Crippen molar-refractivity contribution in [2.45, 2.75) is 44.4 Å². The first-order valence-electron chi connectivity index (χ1n) is 9.44. The molecule has 0 atom stereocenters. The van der Waals surface area contributed by atoms with Gasteiger partial charge in [-0.15, -0.1) is 0 Å². The van der Waals surface area contributed by atoms with Gasteiger partial charge in [0, 0.05) is 47.4 Å². The molecule has 28 heavy (non-hydrogen) atoms. The average Bonchev–Trinajstić information content (AvgIpc) is 2.66. The molecule has 0 fully saturated rings. The Hall–Kier alpha value is -2.04. The van der Waals surface area contributed by atoms with E-state index in [1.54, 1.807) is 18.2 Å². The first-order valence-corrected chi connectivity index (χ1v) is 10.2. The average molecular weight is 419 g/mol. The highest BCUT2D eigenvalue weighted by Crippen LogP contribution is 2.51. The zero-order valence-corrected chi connectivity index (χ0v) is 16.9. The van der Waals surface area contributed by atoms with E-state index >= 15 is 0 Å². The maximum absolute atomic E-state index is 12.9. The first-order chi connectivity index (χ1) is 13.5. The standard InChI is InChI=1S/C22H20Cl2O4/c1-2-9-27-22-13(10-12(23)11-14(22)24)19-20-15(25)5-3-7-17(20)28-18-8-4-6-16(26)21(18)19/h2,10-11,19H,1,3-9H2. The Bertz CT molecular complexity index is 900. The summed E-state index contributed by atoms with van der Waals surface area (Å²) in [6.45, 7) is 3.93. The third kappa shape index (κ3) is 3.29. The molecule has 0 amide bonds. The second kappa shape index (κ2) is 7.76. The third-order valence-electron chi connectivity index (χ3n) is 5.33. The monoisotopic (exact) mass is 418 g/mol. The first kappa shape index (κ1) is 19.3. The van der Waals surface area contributed by atoms with E-state index in [1.165, 1.54) is 0 Å². The Labute approximate surface area is 173 Å². The zero-order chi connectivity index (χ0) is 19.8. The molecule has 1 heterocycles. The van der Waals surface area contributed by atoms with Crippen LogP contribution in [0.4, 0.5) is 0 Å². The summed E-state index contributed by atoms with van der Waals surface area (Å²) in [6.07, 6.45) is 5.35. The Morgan fingerprint density at radius 1 is 1.04 bits per heavy atom. The largest absolute Gasteiger partial charge is 0.488 e. The van der Waals surface area contributed by atoms with Crippen LogP contribution in [0.1, 0.15) is 50.0 Å². The molecule has 1 aliphatic heterocycles. The lowest BCUT2D eigenvalue weighted by Crippen LogP contribution is -2.30. The van der Waals surface area contributed by atoms with Crippen molar-refractivity contribution in [3.8, 4) is 5.75 Å². The molecule has 6 heteroatoms. The molecule has 0 radical (unpaired) electrons. The molecule has 146 valence electrons. The van der Waals surface area contributed by atoms with Crippen molar-refractivity contribution in [3.63, 3.8) is 0 Å². The van der Waals surface area contributed by atoms with Gasteiger partial charge in [-0.2, -0.15) is 0 Å². The molecule has 0 unspecified atom stereocenters. The molecule has 0 N–H and O–H groups in total. The summed E-state index contributed by atoms with van der Waals surface area (Å²) >= 11 is 12.7. The second-order valence-corrected chi connectivity index (χ2v) is 8.01. The van der Waals surface area contributed by atoms with E-state index in [2.05, 4.69) is 6.58 Å². The summed E-state index contributed by atoms with van der Waals surface area (Å²) in [4.78, 5) is 25.8. The molecule has 0 aromatic heterocycles. The van der Waals surface area contributed by atoms with Gasteiger partial charge in [0.2, 0.25) is 0 Å². The lowest BCUT2D eigenvalue weighted by atomic mass is 9.73. The van der Waals surface area contributed by atoms with E-state index in [9.17, 15) is 9.59 Å². The van der Waals surface area contributed by atoms with Gasteiger partial charge >= 0.3 is 0 Å². The quantitative estimate of drug-likeness (QED) is 0.589. The number of hydrogen-bond acceptors (Lipinski definition) is 4. The van der Waals surface area contributed by atoms with Gasteiger partial charge in [-0.25, -0.2) is 0 Å². The fraction of sp³-hybridized carbons (Fsp3) is 0.364. The molecule has 2 aliphatic carbocycles. The summed E-state index contributed by atoms with van der Waals surface area (Å²) in [5.41, 5.74) is 1.72. The minimum absolute atomic E-state index is 0.00180. The lowest BCUT2D eigenvalue weighted by molar-refractivity contribution is -0.117. The lowest BCUT2D eigenvalue weighted by Gasteiger charge is -2.36. The summed E-state index contributed by atoms with van der Waals surface area (Å²) < 4.78 is 11.9. The molecule has 3 aliphatic rings. The van der Waals surface area contributed by atoms with Gasteiger partial charge < -0.3 is 9.47 Å². The molecule has 0 bridgehead atoms. The Morgan fingerprint density at radius 3 is 2.21 bits per heavy atom. The van der Waals surface area contributed by atoms with Gasteiger partial charge in [-0.3, -0.25) is 9.59 Å². The van der Waals surface area contributed by atoms with E-state index < -0.39 is 5.92 Å². The maximum Gasteiger partial charge on any atom is 0.163 e. The van der Waals surface area contributed by atoms with E-state index in [4.69, 9.17) is 32.7 Å². The van der Waals surface area contributed by atoms with Crippen molar-refractivity contribution < 1.29 is 19.1 Å². The van der Waals surface area contributed by atoms with E-state index in [-0.39, 0.29) is 18.2 Å². The molecule has 0 saturated carbocycles. The van der Waals surface area contributed by atoms with E-state index in [0.29, 0.717) is 69.7 Å². The van der Waals surface area contributed by atoms with Crippen LogP contribution < -0.4 is 4.74 Å². The number of benzene rings is 1. The second-order valence-electron chi connectivity index (χ2n) is 7.17. The van der Waals surface area contributed by atoms with E-state index in [1.807, 2.05) is 0 Å². The Kier molecular flexibility index (Phi) is 5.35. The van der Waals surface area contributed by atoms with Crippen molar-refractivity contribution in [1.29, 1.82) is 0 Å². The molecule has 4 nitrogen and oxygen atoms in total. The van der Waals surface area contributed by atoms with Gasteiger partial charge in [0.15, 0.2) is 11.6 Å². The summed E-state index contributed by atoms with van der Waals surface area (Å²) in [5, 5.41) is 0.764. The number of carbonyl (C=O) groups excluding carboxylic acids is 2. The van der Waals surface area contributed by atoms with E-state index in [0.717, 1.165) is 12.8 Å². The summed E-state index contributed by atoms with van der Waals surface area (Å²) in [6, 6.07) is 3.33. The van der Waals surface area contributed by atoms with Crippen LogP contribution in [-0.4, -0.2) is 18.2 Å². The minimum atomic E-state index is -0.560. The number of allylic oxidation sites excluding steroid dienone is 4. The molecule has 0 spiro atoms. The van der Waals surface area contributed by atoms with Gasteiger partial charge in [0.05, 0.1) is 10.9 Å². The van der Waals surface area contributed by atoms with Crippen LogP contribution in [-0.2, 0) is 14.3 Å². The molecular weight excluding hydrogens is 399 g/mol. The number of carbonyl (C=O) groups is 2. The van der Waals surface area contributed by atoms with Crippen LogP contribution in [0, 0.1) is 0 Å². The number of rotatable bonds is 4. The van der Waals surface area contributed by atoms with Gasteiger partial charge in [0.25, 0.3) is 0 Å².